The minimum Gasteiger partial charge on any atom is -0.756 e. The fourth-order valence-electron chi connectivity index (χ4n) is 6.80. The second-order valence-corrected chi connectivity index (χ2v) is 18.5. The zero-order valence-corrected chi connectivity index (χ0v) is 37.3. The highest BCUT2D eigenvalue weighted by Crippen LogP contribution is 2.38. The Balaban J connectivity index is 4.25. The molecule has 0 saturated heterocycles. The first-order valence-corrected chi connectivity index (χ1v) is 24.5. The molecule has 0 aliphatic rings. The summed E-state index contributed by atoms with van der Waals surface area (Å²) >= 11 is 0. The Hall–Kier alpha value is -0.760. The molecule has 9 heteroatoms. The van der Waals surface area contributed by atoms with Gasteiger partial charge < -0.3 is 28.8 Å². The van der Waals surface area contributed by atoms with Crippen LogP contribution >= 0.6 is 7.82 Å². The van der Waals surface area contributed by atoms with Crippen LogP contribution in [0.15, 0.2) is 12.2 Å². The molecule has 0 spiro atoms. The first-order valence-electron chi connectivity index (χ1n) is 23.1. The Morgan fingerprint density at radius 3 is 1.39 bits per heavy atom. The molecule has 1 unspecified atom stereocenters. The third kappa shape index (κ3) is 39.5. The van der Waals surface area contributed by atoms with Crippen molar-refractivity contribution in [3.63, 3.8) is 0 Å². The van der Waals surface area contributed by atoms with Crippen LogP contribution in [0.4, 0.5) is 0 Å². The molecular formula is C45H91N2O6P. The first kappa shape index (κ1) is 53.2. The quantitative estimate of drug-likeness (QED) is 0.0276. The number of amides is 1. The Morgan fingerprint density at radius 2 is 1.00 bits per heavy atom. The van der Waals surface area contributed by atoms with Crippen LogP contribution in [-0.2, 0) is 18.4 Å². The molecule has 0 heterocycles. The lowest BCUT2D eigenvalue weighted by molar-refractivity contribution is -0.870. The Bertz CT molecular complexity index is 896. The number of nitrogens with one attached hydrogen (secondary N) is 1. The molecule has 322 valence electrons. The number of allylic oxidation sites excluding steroid dienone is 1. The highest BCUT2D eigenvalue weighted by molar-refractivity contribution is 7.45. The van der Waals surface area contributed by atoms with E-state index >= 15 is 0 Å². The number of phosphoric ester groups is 1. The van der Waals surface area contributed by atoms with E-state index in [1.54, 1.807) is 6.08 Å². The maximum absolute atomic E-state index is 12.8. The molecule has 0 aliphatic carbocycles. The molecule has 0 radical (unpaired) electrons. The van der Waals surface area contributed by atoms with Crippen LogP contribution in [-0.4, -0.2) is 68.5 Å². The van der Waals surface area contributed by atoms with E-state index in [1.165, 1.54) is 161 Å². The number of rotatable bonds is 42. The Kier molecular flexibility index (Phi) is 37.3. The van der Waals surface area contributed by atoms with Crippen LogP contribution in [0.2, 0.25) is 0 Å². The second-order valence-electron chi connectivity index (χ2n) is 17.1. The summed E-state index contributed by atoms with van der Waals surface area (Å²) < 4.78 is 23.2. The van der Waals surface area contributed by atoms with Crippen molar-refractivity contribution in [1.29, 1.82) is 0 Å². The van der Waals surface area contributed by atoms with Crippen molar-refractivity contribution in [1.82, 2.24) is 5.32 Å². The van der Waals surface area contributed by atoms with Crippen molar-refractivity contribution in [3.8, 4) is 0 Å². The number of carbonyl (C=O) groups excluding carboxylic acids is 1. The minimum absolute atomic E-state index is 0.00196. The van der Waals surface area contributed by atoms with E-state index in [4.69, 9.17) is 9.05 Å². The van der Waals surface area contributed by atoms with Gasteiger partial charge >= 0.3 is 0 Å². The lowest BCUT2D eigenvalue weighted by atomic mass is 10.0. The number of likely N-dealkylation sites (N-methyl/N-ethyl adjacent to an activating group) is 1. The number of hydrogen-bond donors (Lipinski definition) is 2. The summed E-state index contributed by atoms with van der Waals surface area (Å²) in [4.78, 5) is 25.3. The predicted molar refractivity (Wildman–Crippen MR) is 229 cm³/mol. The summed E-state index contributed by atoms with van der Waals surface area (Å²) in [6.07, 6.45) is 42.6. The van der Waals surface area contributed by atoms with E-state index in [-0.39, 0.29) is 19.1 Å². The third-order valence-electron chi connectivity index (χ3n) is 10.5. The highest BCUT2D eigenvalue weighted by Gasteiger charge is 2.23. The summed E-state index contributed by atoms with van der Waals surface area (Å²) in [5.74, 6) is -0.195. The lowest BCUT2D eigenvalue weighted by Gasteiger charge is -2.29. The molecule has 1 amide bonds. The lowest BCUT2D eigenvalue weighted by Crippen LogP contribution is -2.45. The fraction of sp³-hybridized carbons (Fsp3) is 0.933. The predicted octanol–water partition coefficient (Wildman–Crippen LogP) is 12.1. The average molecular weight is 787 g/mol. The maximum Gasteiger partial charge on any atom is 0.268 e. The zero-order valence-electron chi connectivity index (χ0n) is 36.4. The number of hydrogen-bond acceptors (Lipinski definition) is 6. The summed E-state index contributed by atoms with van der Waals surface area (Å²) in [5, 5.41) is 13.7. The number of aliphatic hydroxyl groups excluding tert-OH is 1. The molecule has 3 atom stereocenters. The SMILES string of the molecule is CCCCCCCCCCC/C=C/[C@@H](O)[C@H](COP(=O)([O-])OCC[N+](C)(C)C)NC(=O)CCCCCCCCCCCCCCCCCCCCCCC. The van der Waals surface area contributed by atoms with Crippen LogP contribution in [0.3, 0.4) is 0 Å². The van der Waals surface area contributed by atoms with Gasteiger partial charge in [-0.15, -0.1) is 0 Å². The molecule has 0 rings (SSSR count). The van der Waals surface area contributed by atoms with Gasteiger partial charge in [-0.3, -0.25) is 9.36 Å². The van der Waals surface area contributed by atoms with Gasteiger partial charge in [0.2, 0.25) is 5.91 Å². The molecule has 0 saturated carbocycles. The van der Waals surface area contributed by atoms with Crippen molar-refractivity contribution in [2.75, 3.05) is 40.9 Å². The maximum atomic E-state index is 12.8. The molecule has 0 fully saturated rings. The fourth-order valence-corrected chi connectivity index (χ4v) is 7.52. The van der Waals surface area contributed by atoms with E-state index < -0.39 is 20.0 Å². The third-order valence-corrected chi connectivity index (χ3v) is 11.5. The number of aliphatic hydroxyl groups is 1. The standard InChI is InChI=1S/C45H91N2O6P/c1-6-8-10-12-14-16-18-19-20-21-22-23-24-25-26-27-29-31-33-35-37-39-45(49)46-43(42-53-54(50,51)52-41-40-47(3,4)5)44(48)38-36-34-32-30-28-17-15-13-11-9-7-2/h36,38,43-44,48H,6-35,37,39-42H2,1-5H3,(H-,46,49,50,51)/b38-36+/t43-,44+/m0/s1. The molecule has 0 aliphatic heterocycles. The van der Waals surface area contributed by atoms with Gasteiger partial charge in [-0.1, -0.05) is 206 Å². The average Bonchev–Trinajstić information content (AvgIpc) is 3.12. The van der Waals surface area contributed by atoms with Gasteiger partial charge in [0.1, 0.15) is 13.2 Å². The van der Waals surface area contributed by atoms with Crippen molar-refractivity contribution in [2.45, 2.75) is 231 Å². The molecular weight excluding hydrogens is 695 g/mol. The van der Waals surface area contributed by atoms with Gasteiger partial charge in [0.15, 0.2) is 0 Å². The summed E-state index contributed by atoms with van der Waals surface area (Å²) in [6, 6.07) is -0.879. The summed E-state index contributed by atoms with van der Waals surface area (Å²) in [6.45, 7) is 4.65. The highest BCUT2D eigenvalue weighted by atomic mass is 31.2. The number of quaternary nitrogens is 1. The van der Waals surface area contributed by atoms with Crippen molar-refractivity contribution in [3.05, 3.63) is 12.2 Å². The smallest absolute Gasteiger partial charge is 0.268 e. The number of phosphoric acid groups is 1. The second kappa shape index (κ2) is 37.8. The zero-order chi connectivity index (χ0) is 40.0. The van der Waals surface area contributed by atoms with E-state index in [0.717, 1.165) is 38.5 Å². The normalized spacial score (nSPS) is 14.4. The summed E-state index contributed by atoms with van der Waals surface area (Å²) in [5.41, 5.74) is 0. The molecule has 8 nitrogen and oxygen atoms in total. The van der Waals surface area contributed by atoms with Crippen LogP contribution < -0.4 is 10.2 Å². The van der Waals surface area contributed by atoms with E-state index in [0.29, 0.717) is 17.4 Å². The van der Waals surface area contributed by atoms with Crippen LogP contribution in [0.5, 0.6) is 0 Å². The van der Waals surface area contributed by atoms with E-state index in [1.807, 2.05) is 27.2 Å². The van der Waals surface area contributed by atoms with E-state index in [2.05, 4.69) is 19.2 Å². The van der Waals surface area contributed by atoms with Gasteiger partial charge in [0, 0.05) is 6.42 Å². The van der Waals surface area contributed by atoms with Crippen molar-refractivity contribution >= 4 is 13.7 Å². The van der Waals surface area contributed by atoms with Crippen LogP contribution in [0.1, 0.15) is 219 Å². The van der Waals surface area contributed by atoms with Crippen LogP contribution in [0.25, 0.3) is 0 Å². The molecule has 0 bridgehead atoms. The topological polar surface area (TPSA) is 108 Å². The van der Waals surface area contributed by atoms with Crippen molar-refractivity contribution < 1.29 is 32.9 Å². The van der Waals surface area contributed by atoms with Crippen molar-refractivity contribution in [2.24, 2.45) is 0 Å². The molecule has 54 heavy (non-hydrogen) atoms. The number of nitrogens with zero attached hydrogens (tertiary/aromatic N) is 1. The minimum atomic E-state index is -4.58. The molecule has 0 aromatic carbocycles. The first-order chi connectivity index (χ1) is 26.0. The van der Waals surface area contributed by atoms with Gasteiger partial charge in [0.05, 0.1) is 39.9 Å². The van der Waals surface area contributed by atoms with Gasteiger partial charge in [-0.2, -0.15) is 0 Å². The Labute approximate surface area is 335 Å². The Morgan fingerprint density at radius 1 is 0.630 bits per heavy atom. The largest absolute Gasteiger partial charge is 0.756 e. The van der Waals surface area contributed by atoms with Gasteiger partial charge in [0.25, 0.3) is 7.82 Å². The van der Waals surface area contributed by atoms with Gasteiger partial charge in [-0.25, -0.2) is 0 Å². The number of carbonyl (C=O) groups is 1. The molecule has 0 aromatic heterocycles. The van der Waals surface area contributed by atoms with Crippen LogP contribution in [0, 0.1) is 0 Å². The monoisotopic (exact) mass is 787 g/mol. The number of unbranched alkanes of at least 4 members (excludes halogenated alkanes) is 29. The van der Waals surface area contributed by atoms with Gasteiger partial charge in [-0.05, 0) is 19.3 Å². The molecule has 2 N–H and O–H groups in total. The molecule has 0 aromatic rings. The summed E-state index contributed by atoms with van der Waals surface area (Å²) in [7, 11) is 1.27. The van der Waals surface area contributed by atoms with E-state index in [9.17, 15) is 19.4 Å².